The zero-order valence-corrected chi connectivity index (χ0v) is 11.8. The van der Waals surface area contributed by atoms with Crippen molar-refractivity contribution in [3.8, 4) is 0 Å². The molecule has 0 aliphatic carbocycles. The van der Waals surface area contributed by atoms with Gasteiger partial charge in [-0.2, -0.15) is 0 Å². The minimum atomic E-state index is -1.26. The Kier molecular flexibility index (Phi) is 4.88. The molecule has 2 rings (SSSR count). The van der Waals surface area contributed by atoms with Crippen LogP contribution in [-0.2, 0) is 6.54 Å². The van der Waals surface area contributed by atoms with Crippen molar-refractivity contribution in [3.05, 3.63) is 69.8 Å². The normalized spacial score (nSPS) is 9.91. The number of non-ortho nitro benzene ring substituents is 1. The highest BCUT2D eigenvalue weighted by molar-refractivity contribution is 5.89. The number of benzene rings is 2. The summed E-state index contributed by atoms with van der Waals surface area (Å²) in [6, 6.07) is 10.8. The number of urea groups is 1. The fourth-order valence-electron chi connectivity index (χ4n) is 1.78. The Bertz CT molecular complexity index is 726. The van der Waals surface area contributed by atoms with Crippen molar-refractivity contribution in [1.82, 2.24) is 5.32 Å². The predicted molar refractivity (Wildman–Crippen MR) is 79.7 cm³/mol. The van der Waals surface area contributed by atoms with E-state index in [1.165, 1.54) is 36.4 Å². The highest BCUT2D eigenvalue weighted by atomic mass is 16.6. The standard InChI is InChI=1S/C15H13N3O5/c19-14(20)11-3-1-10(2-4-11)9-16-15(21)17-12-5-7-13(8-6-12)18(22)23/h1-8H,9H2,(H,19,20)(H2,16,17,21)/p-1. The van der Waals surface area contributed by atoms with Gasteiger partial charge in [-0.25, -0.2) is 4.79 Å². The summed E-state index contributed by atoms with van der Waals surface area (Å²) in [5, 5.41) is 26.3. The van der Waals surface area contributed by atoms with Gasteiger partial charge >= 0.3 is 6.03 Å². The van der Waals surface area contributed by atoms with E-state index in [1.54, 1.807) is 12.1 Å². The SMILES string of the molecule is O=C(NCc1ccc(C(=O)[O-])cc1)Nc1ccc([N+](=O)[O-])cc1. The van der Waals surface area contributed by atoms with Gasteiger partial charge in [0, 0.05) is 24.4 Å². The fourth-order valence-corrected chi connectivity index (χ4v) is 1.78. The lowest BCUT2D eigenvalue weighted by molar-refractivity contribution is -0.384. The van der Waals surface area contributed by atoms with Crippen LogP contribution >= 0.6 is 0 Å². The van der Waals surface area contributed by atoms with E-state index in [4.69, 9.17) is 0 Å². The number of carbonyl (C=O) groups is 2. The molecule has 118 valence electrons. The van der Waals surface area contributed by atoms with E-state index in [9.17, 15) is 24.8 Å². The molecule has 0 aliphatic rings. The summed E-state index contributed by atoms with van der Waals surface area (Å²) < 4.78 is 0. The molecular weight excluding hydrogens is 302 g/mol. The molecule has 0 aromatic heterocycles. The second-order valence-corrected chi connectivity index (χ2v) is 4.60. The lowest BCUT2D eigenvalue weighted by Crippen LogP contribution is -2.28. The molecule has 0 fully saturated rings. The third-order valence-corrected chi connectivity index (χ3v) is 2.98. The Morgan fingerprint density at radius 3 is 2.13 bits per heavy atom. The molecule has 8 nitrogen and oxygen atoms in total. The van der Waals surface area contributed by atoms with Gasteiger partial charge in [-0.1, -0.05) is 24.3 Å². The van der Waals surface area contributed by atoms with Gasteiger partial charge in [0.25, 0.3) is 5.69 Å². The number of aromatic carboxylic acids is 1. The van der Waals surface area contributed by atoms with E-state index >= 15 is 0 Å². The highest BCUT2D eigenvalue weighted by Gasteiger charge is 2.06. The largest absolute Gasteiger partial charge is 0.545 e. The van der Waals surface area contributed by atoms with Crippen LogP contribution in [0.25, 0.3) is 0 Å². The van der Waals surface area contributed by atoms with Crippen molar-refractivity contribution in [2.45, 2.75) is 6.54 Å². The number of nitrogens with zero attached hydrogens (tertiary/aromatic N) is 1. The van der Waals surface area contributed by atoms with Crippen molar-refractivity contribution in [2.75, 3.05) is 5.32 Å². The summed E-state index contributed by atoms with van der Waals surface area (Å²) in [6.07, 6.45) is 0. The Labute approximate surface area is 130 Å². The molecule has 23 heavy (non-hydrogen) atoms. The summed E-state index contributed by atoms with van der Waals surface area (Å²) in [7, 11) is 0. The molecule has 0 radical (unpaired) electrons. The first-order chi connectivity index (χ1) is 11.0. The lowest BCUT2D eigenvalue weighted by Gasteiger charge is -2.08. The van der Waals surface area contributed by atoms with Gasteiger partial charge in [0.2, 0.25) is 0 Å². The van der Waals surface area contributed by atoms with Gasteiger partial charge in [0.05, 0.1) is 10.9 Å². The van der Waals surface area contributed by atoms with Crippen LogP contribution in [-0.4, -0.2) is 16.9 Å². The maximum absolute atomic E-state index is 11.7. The van der Waals surface area contributed by atoms with Crippen molar-refractivity contribution >= 4 is 23.4 Å². The minimum absolute atomic E-state index is 0.0593. The number of hydrogen-bond acceptors (Lipinski definition) is 5. The quantitative estimate of drug-likeness (QED) is 0.635. The number of carboxylic acids is 1. The number of carbonyl (C=O) groups excluding carboxylic acids is 2. The van der Waals surface area contributed by atoms with Crippen LogP contribution in [0.1, 0.15) is 15.9 Å². The highest BCUT2D eigenvalue weighted by Crippen LogP contribution is 2.15. The van der Waals surface area contributed by atoms with Gasteiger partial charge in [0.1, 0.15) is 0 Å². The maximum Gasteiger partial charge on any atom is 0.319 e. The van der Waals surface area contributed by atoms with E-state index in [0.29, 0.717) is 11.3 Å². The summed E-state index contributed by atoms with van der Waals surface area (Å²) in [5.41, 5.74) is 1.13. The number of nitrogens with one attached hydrogen (secondary N) is 2. The maximum atomic E-state index is 11.7. The Morgan fingerprint density at radius 2 is 1.61 bits per heavy atom. The molecule has 0 unspecified atom stereocenters. The number of anilines is 1. The number of rotatable bonds is 5. The monoisotopic (exact) mass is 314 g/mol. The van der Waals surface area contributed by atoms with Crippen molar-refractivity contribution in [2.24, 2.45) is 0 Å². The zero-order chi connectivity index (χ0) is 16.8. The number of nitro benzene ring substituents is 1. The van der Waals surface area contributed by atoms with Gasteiger partial charge in [-0.3, -0.25) is 10.1 Å². The van der Waals surface area contributed by atoms with Gasteiger partial charge in [-0.15, -0.1) is 0 Å². The van der Waals surface area contributed by atoms with Crippen LogP contribution < -0.4 is 15.7 Å². The first-order valence-electron chi connectivity index (χ1n) is 6.55. The molecular formula is C15H12N3O5-. The number of hydrogen-bond donors (Lipinski definition) is 2. The van der Waals surface area contributed by atoms with E-state index < -0.39 is 16.9 Å². The van der Waals surface area contributed by atoms with Gasteiger partial charge in [-0.05, 0) is 23.3 Å². The van der Waals surface area contributed by atoms with Crippen molar-refractivity contribution < 1.29 is 19.6 Å². The van der Waals surface area contributed by atoms with Crippen molar-refractivity contribution in [3.63, 3.8) is 0 Å². The number of nitro groups is 1. The molecule has 0 spiro atoms. The van der Waals surface area contributed by atoms with Gasteiger partial charge in [0.15, 0.2) is 0 Å². The Balaban J connectivity index is 1.87. The molecule has 0 aliphatic heterocycles. The molecule has 0 heterocycles. The smallest absolute Gasteiger partial charge is 0.319 e. The third-order valence-electron chi connectivity index (χ3n) is 2.98. The van der Waals surface area contributed by atoms with E-state index in [2.05, 4.69) is 10.6 Å². The van der Waals surface area contributed by atoms with E-state index in [0.717, 1.165) is 0 Å². The molecule has 0 saturated heterocycles. The molecule has 2 N–H and O–H groups in total. The zero-order valence-electron chi connectivity index (χ0n) is 11.8. The molecule has 2 aromatic rings. The van der Waals surface area contributed by atoms with Crippen LogP contribution in [0, 0.1) is 10.1 Å². The molecule has 8 heteroatoms. The van der Waals surface area contributed by atoms with Gasteiger partial charge < -0.3 is 20.5 Å². The second kappa shape index (κ2) is 7.03. The first-order valence-corrected chi connectivity index (χ1v) is 6.55. The molecule has 0 atom stereocenters. The fraction of sp³-hybridized carbons (Fsp3) is 0.0667. The Morgan fingerprint density at radius 1 is 1.00 bits per heavy atom. The van der Waals surface area contributed by atoms with Crippen LogP contribution in [0.2, 0.25) is 0 Å². The first kappa shape index (κ1) is 16.0. The molecule has 0 bridgehead atoms. The lowest BCUT2D eigenvalue weighted by atomic mass is 10.1. The third kappa shape index (κ3) is 4.53. The van der Waals surface area contributed by atoms with E-state index in [1.807, 2.05) is 0 Å². The predicted octanol–water partition coefficient (Wildman–Crippen LogP) is 1.28. The van der Waals surface area contributed by atoms with Crippen molar-refractivity contribution in [1.29, 1.82) is 0 Å². The Hall–Kier alpha value is -3.42. The molecule has 0 saturated carbocycles. The van der Waals surface area contributed by atoms with Crippen LogP contribution in [0.4, 0.5) is 16.2 Å². The average Bonchev–Trinajstić information content (AvgIpc) is 2.54. The summed E-state index contributed by atoms with van der Waals surface area (Å²) >= 11 is 0. The summed E-state index contributed by atoms with van der Waals surface area (Å²) in [4.78, 5) is 32.3. The van der Waals surface area contributed by atoms with Crippen LogP contribution in [0.3, 0.4) is 0 Å². The topological polar surface area (TPSA) is 124 Å². The van der Waals surface area contributed by atoms with E-state index in [-0.39, 0.29) is 17.8 Å². The average molecular weight is 314 g/mol. The van der Waals surface area contributed by atoms with Crippen LogP contribution in [0.5, 0.6) is 0 Å². The molecule has 2 aromatic carbocycles. The number of amides is 2. The number of carboxylic acid groups (broad SMARTS) is 1. The molecule has 2 amide bonds. The minimum Gasteiger partial charge on any atom is -0.545 e. The van der Waals surface area contributed by atoms with Crippen LogP contribution in [0.15, 0.2) is 48.5 Å². The summed E-state index contributed by atoms with van der Waals surface area (Å²) in [6.45, 7) is 0.201. The second-order valence-electron chi connectivity index (χ2n) is 4.60. The summed E-state index contributed by atoms with van der Waals surface area (Å²) in [5.74, 6) is -1.26.